The normalized spacial score (nSPS) is 25.3. The van der Waals surface area contributed by atoms with Crippen LogP contribution >= 0.6 is 0 Å². The van der Waals surface area contributed by atoms with Gasteiger partial charge in [0.1, 0.15) is 11.8 Å². The van der Waals surface area contributed by atoms with Gasteiger partial charge in [0, 0.05) is 19.1 Å². The number of rotatable bonds is 5. The minimum atomic E-state index is -3.02. The van der Waals surface area contributed by atoms with Crippen molar-refractivity contribution in [2.75, 3.05) is 19.6 Å². The quantitative estimate of drug-likeness (QED) is 0.847. The number of amides is 2. The molecule has 2 fully saturated rings. The molecule has 8 heteroatoms. The number of para-hydroxylation sites is 1. The van der Waals surface area contributed by atoms with E-state index >= 15 is 0 Å². The number of benzene rings is 1. The van der Waals surface area contributed by atoms with Gasteiger partial charge in [0.05, 0.1) is 5.56 Å². The van der Waals surface area contributed by atoms with Crippen molar-refractivity contribution in [1.82, 2.24) is 9.80 Å². The number of hydrogen-bond acceptors (Lipinski definition) is 4. The maximum Gasteiger partial charge on any atom is 0.387 e. The Morgan fingerprint density at radius 2 is 2.04 bits per heavy atom. The Labute approximate surface area is 157 Å². The molecule has 0 aliphatic carbocycles. The number of alkyl halides is 2. The first-order valence-electron chi connectivity index (χ1n) is 9.27. The second-order valence-corrected chi connectivity index (χ2v) is 7.21. The molecule has 3 rings (SSSR count). The number of carbonyl (C=O) groups is 2. The summed E-state index contributed by atoms with van der Waals surface area (Å²) in [6.45, 7) is 0.509. The second kappa shape index (κ2) is 8.21. The van der Waals surface area contributed by atoms with Crippen molar-refractivity contribution in [3.05, 3.63) is 29.8 Å². The largest absolute Gasteiger partial charge is 0.434 e. The monoisotopic (exact) mass is 381 g/mol. The zero-order valence-corrected chi connectivity index (χ0v) is 15.3. The summed E-state index contributed by atoms with van der Waals surface area (Å²) in [5.41, 5.74) is 5.79. The highest BCUT2D eigenvalue weighted by atomic mass is 19.3. The van der Waals surface area contributed by atoms with Crippen LogP contribution in [0.3, 0.4) is 0 Å². The first-order chi connectivity index (χ1) is 12.9. The number of ether oxygens (including phenoxy) is 1. The van der Waals surface area contributed by atoms with Crippen molar-refractivity contribution in [2.24, 2.45) is 11.7 Å². The molecular formula is C19H25F2N3O3. The van der Waals surface area contributed by atoms with Crippen molar-refractivity contribution in [2.45, 2.75) is 44.9 Å². The maximum absolute atomic E-state index is 13.1. The molecule has 2 saturated heterocycles. The van der Waals surface area contributed by atoms with E-state index in [0.717, 1.165) is 6.42 Å². The molecule has 2 N–H and O–H groups in total. The van der Waals surface area contributed by atoms with Crippen LogP contribution in [0.25, 0.3) is 0 Å². The van der Waals surface area contributed by atoms with Gasteiger partial charge in [0.2, 0.25) is 5.91 Å². The van der Waals surface area contributed by atoms with E-state index in [1.165, 1.54) is 23.1 Å². The Balaban J connectivity index is 1.78. The molecule has 0 bridgehead atoms. The van der Waals surface area contributed by atoms with Crippen LogP contribution in [0.15, 0.2) is 24.3 Å². The standard InChI is InChI=1S/C19H25F2N3O3/c1-12-9-13(10-22)11-24(12)18(26)15-6-4-8-23(15)17(25)14-5-2-3-7-16(14)27-19(20)21/h2-3,5,7,12-13,15,19H,4,6,8-11,22H2,1H3. The topological polar surface area (TPSA) is 75.9 Å². The predicted molar refractivity (Wildman–Crippen MR) is 95.5 cm³/mol. The lowest BCUT2D eigenvalue weighted by Crippen LogP contribution is -2.49. The third kappa shape index (κ3) is 4.05. The molecule has 3 atom stereocenters. The molecule has 3 unspecified atom stereocenters. The molecular weight excluding hydrogens is 356 g/mol. The molecule has 148 valence electrons. The van der Waals surface area contributed by atoms with Gasteiger partial charge < -0.3 is 20.3 Å². The molecule has 2 aliphatic rings. The van der Waals surface area contributed by atoms with E-state index in [4.69, 9.17) is 5.73 Å². The summed E-state index contributed by atoms with van der Waals surface area (Å²) in [5.74, 6) is -0.441. The lowest BCUT2D eigenvalue weighted by molar-refractivity contribution is -0.136. The Morgan fingerprint density at radius 1 is 1.30 bits per heavy atom. The molecule has 0 saturated carbocycles. The van der Waals surface area contributed by atoms with E-state index in [1.807, 2.05) is 6.92 Å². The van der Waals surface area contributed by atoms with Crippen LogP contribution in [0, 0.1) is 5.92 Å². The van der Waals surface area contributed by atoms with Crippen molar-refractivity contribution in [3.8, 4) is 5.75 Å². The number of likely N-dealkylation sites (tertiary alicyclic amines) is 2. The van der Waals surface area contributed by atoms with Gasteiger partial charge in [0.25, 0.3) is 5.91 Å². The van der Waals surface area contributed by atoms with Crippen LogP contribution in [0.4, 0.5) is 8.78 Å². The highest BCUT2D eigenvalue weighted by Crippen LogP contribution is 2.30. The average molecular weight is 381 g/mol. The van der Waals surface area contributed by atoms with Gasteiger partial charge in [0.15, 0.2) is 0 Å². The number of hydrogen-bond donors (Lipinski definition) is 1. The van der Waals surface area contributed by atoms with Gasteiger partial charge in [-0.05, 0) is 50.8 Å². The predicted octanol–water partition coefficient (Wildman–Crippen LogP) is 2.09. The molecule has 2 amide bonds. The summed E-state index contributed by atoms with van der Waals surface area (Å²) < 4.78 is 29.8. The lowest BCUT2D eigenvalue weighted by atomic mass is 10.1. The summed E-state index contributed by atoms with van der Waals surface area (Å²) in [5, 5.41) is 0. The zero-order valence-electron chi connectivity index (χ0n) is 15.3. The Morgan fingerprint density at radius 3 is 2.70 bits per heavy atom. The molecule has 0 radical (unpaired) electrons. The van der Waals surface area contributed by atoms with Crippen LogP contribution in [0.5, 0.6) is 5.75 Å². The van der Waals surface area contributed by atoms with Gasteiger partial charge in [-0.3, -0.25) is 9.59 Å². The van der Waals surface area contributed by atoms with Crippen LogP contribution in [0.1, 0.15) is 36.5 Å². The average Bonchev–Trinajstić information content (AvgIpc) is 3.27. The Bertz CT molecular complexity index is 701. The van der Waals surface area contributed by atoms with Crippen molar-refractivity contribution >= 4 is 11.8 Å². The number of halogens is 2. The summed E-state index contributed by atoms with van der Waals surface area (Å²) in [6.07, 6.45) is 2.12. The van der Waals surface area contributed by atoms with E-state index in [0.29, 0.717) is 32.5 Å². The molecule has 1 aromatic rings. The maximum atomic E-state index is 13.1. The first kappa shape index (κ1) is 19.5. The van der Waals surface area contributed by atoms with Crippen molar-refractivity contribution in [1.29, 1.82) is 0 Å². The van der Waals surface area contributed by atoms with Crippen LogP contribution < -0.4 is 10.5 Å². The van der Waals surface area contributed by atoms with Crippen molar-refractivity contribution < 1.29 is 23.1 Å². The summed E-state index contributed by atoms with van der Waals surface area (Å²) in [7, 11) is 0. The molecule has 1 aromatic carbocycles. The number of nitrogens with two attached hydrogens (primary N) is 1. The van der Waals surface area contributed by atoms with E-state index in [9.17, 15) is 18.4 Å². The van der Waals surface area contributed by atoms with Gasteiger partial charge >= 0.3 is 6.61 Å². The second-order valence-electron chi connectivity index (χ2n) is 7.21. The van der Waals surface area contributed by atoms with Gasteiger partial charge in [-0.15, -0.1) is 0 Å². The third-order valence-corrected chi connectivity index (χ3v) is 5.41. The molecule has 6 nitrogen and oxygen atoms in total. The molecule has 27 heavy (non-hydrogen) atoms. The fraction of sp³-hybridized carbons (Fsp3) is 0.579. The van der Waals surface area contributed by atoms with Gasteiger partial charge in [-0.1, -0.05) is 12.1 Å². The van der Waals surface area contributed by atoms with Crippen LogP contribution in [-0.4, -0.2) is 59.9 Å². The molecule has 2 aliphatic heterocycles. The molecule has 0 aromatic heterocycles. The minimum absolute atomic E-state index is 0.0480. The highest BCUT2D eigenvalue weighted by molar-refractivity contribution is 6.00. The van der Waals surface area contributed by atoms with Gasteiger partial charge in [-0.25, -0.2) is 0 Å². The first-order valence-corrected chi connectivity index (χ1v) is 9.27. The Kier molecular flexibility index (Phi) is 5.94. The number of carbonyl (C=O) groups excluding carboxylic acids is 2. The summed E-state index contributed by atoms with van der Waals surface area (Å²) >= 11 is 0. The highest BCUT2D eigenvalue weighted by Gasteiger charge is 2.41. The third-order valence-electron chi connectivity index (χ3n) is 5.41. The fourth-order valence-electron chi connectivity index (χ4n) is 4.07. The van der Waals surface area contributed by atoms with Crippen LogP contribution in [0.2, 0.25) is 0 Å². The summed E-state index contributed by atoms with van der Waals surface area (Å²) in [4.78, 5) is 29.3. The van der Waals surface area contributed by atoms with Crippen molar-refractivity contribution in [3.63, 3.8) is 0 Å². The van der Waals surface area contributed by atoms with E-state index < -0.39 is 18.6 Å². The molecule has 0 spiro atoms. The van der Waals surface area contributed by atoms with E-state index in [2.05, 4.69) is 4.74 Å². The van der Waals surface area contributed by atoms with E-state index in [-0.39, 0.29) is 29.2 Å². The lowest BCUT2D eigenvalue weighted by Gasteiger charge is -2.30. The molecule has 2 heterocycles. The fourth-order valence-corrected chi connectivity index (χ4v) is 4.07. The van der Waals surface area contributed by atoms with E-state index in [1.54, 1.807) is 11.0 Å². The van der Waals surface area contributed by atoms with Crippen LogP contribution in [-0.2, 0) is 4.79 Å². The zero-order chi connectivity index (χ0) is 19.6. The smallest absolute Gasteiger partial charge is 0.387 e. The Hall–Kier alpha value is -2.22. The van der Waals surface area contributed by atoms with Gasteiger partial charge in [-0.2, -0.15) is 8.78 Å². The SMILES string of the molecule is CC1CC(CN)CN1C(=O)C1CCCN1C(=O)c1ccccc1OC(F)F. The number of nitrogens with zero attached hydrogens (tertiary/aromatic N) is 2. The summed E-state index contributed by atoms with van der Waals surface area (Å²) in [6, 6.07) is 5.41. The minimum Gasteiger partial charge on any atom is -0.434 e.